The maximum atomic E-state index is 15.5. The van der Waals surface area contributed by atoms with E-state index in [9.17, 15) is 22.8 Å². The highest BCUT2D eigenvalue weighted by Crippen LogP contribution is 2.39. The minimum Gasteiger partial charge on any atom is -0.382 e. The van der Waals surface area contributed by atoms with Gasteiger partial charge in [0.05, 0.1) is 22.6 Å². The average Bonchev–Trinajstić information content (AvgIpc) is 3.53. The summed E-state index contributed by atoms with van der Waals surface area (Å²) in [6.07, 6.45) is -2.36. The van der Waals surface area contributed by atoms with Crippen LogP contribution in [0.2, 0.25) is 0 Å². The Hall–Kier alpha value is -4.49. The van der Waals surface area contributed by atoms with E-state index in [4.69, 9.17) is 11.2 Å². The second-order valence-electron chi connectivity index (χ2n) is 9.67. The average molecular weight is 563 g/mol. The van der Waals surface area contributed by atoms with Gasteiger partial charge < -0.3 is 15.5 Å². The highest BCUT2D eigenvalue weighted by Gasteiger charge is 2.44. The van der Waals surface area contributed by atoms with E-state index in [2.05, 4.69) is 15.2 Å². The van der Waals surface area contributed by atoms with E-state index < -0.39 is 54.1 Å². The van der Waals surface area contributed by atoms with E-state index in [1.165, 1.54) is 42.8 Å². The first-order chi connectivity index (χ1) is 20.2. The van der Waals surface area contributed by atoms with E-state index in [-0.39, 0.29) is 33.8 Å². The molecule has 2 amide bonds. The zero-order valence-electron chi connectivity index (χ0n) is 25.7. The minimum absolute atomic E-state index is 0.0178. The molecule has 0 bridgehead atoms. The molecule has 0 radical (unpaired) electrons. The molecular formula is C26H26F4N8O2. The van der Waals surface area contributed by atoms with E-state index in [0.717, 1.165) is 37.0 Å². The minimum atomic E-state index is -4.64. The number of carbonyl (C=O) groups excluding carboxylic acids is 2. The van der Waals surface area contributed by atoms with Gasteiger partial charge in [0.25, 0.3) is 5.91 Å². The molecule has 0 aliphatic carbocycles. The van der Waals surface area contributed by atoms with Gasteiger partial charge in [0.2, 0.25) is 5.91 Å². The molecule has 1 aliphatic heterocycles. The molecule has 0 saturated carbocycles. The SMILES string of the molecule is [2H]C1([2H])N(c2cc(-c3cc(-c4ccnn4C(C)C(F)(F)F)c4c(N)ncnn34)ccc2F)C(=O)C(C)(C)N(C(C)=O)C1([2H])[2H]. The van der Waals surface area contributed by atoms with Crippen LogP contribution in [0, 0.1) is 5.82 Å². The monoisotopic (exact) mass is 562 g/mol. The van der Waals surface area contributed by atoms with Crippen molar-refractivity contribution in [3.8, 4) is 22.5 Å². The summed E-state index contributed by atoms with van der Waals surface area (Å²) < 4.78 is 92.6. The van der Waals surface area contributed by atoms with Crippen molar-refractivity contribution in [1.82, 2.24) is 29.3 Å². The normalized spacial score (nSPS) is 20.6. The first-order valence-corrected chi connectivity index (χ1v) is 11.9. The van der Waals surface area contributed by atoms with Crippen LogP contribution in [-0.2, 0) is 9.59 Å². The number of piperazine rings is 1. The molecule has 1 saturated heterocycles. The Bertz CT molecular complexity index is 1820. The van der Waals surface area contributed by atoms with Crippen LogP contribution in [0.15, 0.2) is 42.9 Å². The van der Waals surface area contributed by atoms with Gasteiger partial charge >= 0.3 is 6.18 Å². The number of nitrogen functional groups attached to an aromatic ring is 1. The summed E-state index contributed by atoms with van der Waals surface area (Å²) in [5.74, 6) is -3.19. The molecule has 10 nitrogen and oxygen atoms in total. The lowest BCUT2D eigenvalue weighted by Gasteiger charge is -2.45. The summed E-state index contributed by atoms with van der Waals surface area (Å²) in [5.41, 5.74) is 4.09. The molecule has 4 heterocycles. The molecule has 1 aromatic carbocycles. The topological polar surface area (TPSA) is 115 Å². The summed E-state index contributed by atoms with van der Waals surface area (Å²) in [4.78, 5) is 30.8. The van der Waals surface area contributed by atoms with Crippen molar-refractivity contribution in [2.45, 2.75) is 45.5 Å². The number of hydrogen-bond acceptors (Lipinski definition) is 6. The van der Waals surface area contributed by atoms with Gasteiger partial charge in [-0.2, -0.15) is 23.4 Å². The summed E-state index contributed by atoms with van der Waals surface area (Å²) in [6.45, 7) is -1.98. The third kappa shape index (κ3) is 4.23. The molecule has 14 heteroatoms. The molecule has 2 N–H and O–H groups in total. The van der Waals surface area contributed by atoms with Crippen LogP contribution in [0.3, 0.4) is 0 Å². The number of amides is 2. The van der Waals surface area contributed by atoms with Gasteiger partial charge in [-0.05, 0) is 51.1 Å². The fourth-order valence-corrected chi connectivity index (χ4v) is 4.59. The van der Waals surface area contributed by atoms with Crippen molar-refractivity contribution >= 4 is 28.8 Å². The number of benzene rings is 1. The molecule has 40 heavy (non-hydrogen) atoms. The number of aromatic nitrogens is 5. The Morgan fingerprint density at radius 1 is 1.15 bits per heavy atom. The molecular weight excluding hydrogens is 532 g/mol. The molecule has 5 rings (SSSR count). The van der Waals surface area contributed by atoms with Gasteiger partial charge in [-0.15, -0.1) is 0 Å². The van der Waals surface area contributed by atoms with Crippen molar-refractivity contribution in [2.24, 2.45) is 0 Å². The van der Waals surface area contributed by atoms with Crippen LogP contribution in [-0.4, -0.2) is 65.8 Å². The molecule has 4 aromatic rings. The van der Waals surface area contributed by atoms with Crippen LogP contribution in [0.25, 0.3) is 28.0 Å². The van der Waals surface area contributed by atoms with E-state index in [0.29, 0.717) is 9.80 Å². The highest BCUT2D eigenvalue weighted by atomic mass is 19.4. The number of hydrogen-bond donors (Lipinski definition) is 1. The number of fused-ring (bicyclic) bond motifs is 1. The second-order valence-corrected chi connectivity index (χ2v) is 9.67. The summed E-state index contributed by atoms with van der Waals surface area (Å²) in [6, 6.07) is 4.02. The zero-order valence-corrected chi connectivity index (χ0v) is 21.7. The van der Waals surface area contributed by atoms with Gasteiger partial charge in [0.1, 0.15) is 29.2 Å². The van der Waals surface area contributed by atoms with E-state index in [1.54, 1.807) is 0 Å². The third-order valence-electron chi connectivity index (χ3n) is 6.73. The number of carbonyl (C=O) groups is 2. The van der Waals surface area contributed by atoms with Gasteiger partial charge in [-0.1, -0.05) is 0 Å². The fraction of sp³-hybridized carbons (Fsp3) is 0.346. The molecule has 1 aliphatic rings. The van der Waals surface area contributed by atoms with E-state index >= 15 is 4.39 Å². The number of alkyl halides is 3. The third-order valence-corrected chi connectivity index (χ3v) is 6.73. The lowest BCUT2D eigenvalue weighted by molar-refractivity contribution is -0.165. The van der Waals surface area contributed by atoms with Crippen LogP contribution >= 0.6 is 0 Å². The van der Waals surface area contributed by atoms with Crippen LogP contribution in [0.1, 0.15) is 39.2 Å². The van der Waals surface area contributed by atoms with Gasteiger partial charge in [0, 0.05) is 37.2 Å². The lowest BCUT2D eigenvalue weighted by Crippen LogP contribution is -2.64. The highest BCUT2D eigenvalue weighted by molar-refractivity contribution is 6.03. The van der Waals surface area contributed by atoms with Crippen LogP contribution < -0.4 is 10.6 Å². The standard InChI is InChI=1S/C26H26F4N8O2/c1-14(26(28,29)30)37-19(7-8-33-37)17-12-20(38-22(17)23(31)32-13-34-38)16-5-6-18(27)21(11-16)35-9-10-36(15(2)39)25(3,4)24(35)40/h5-8,11-14H,9-10H2,1-4H3,(H2,31,32,34)/i9D2,10D2. The fourth-order valence-electron chi connectivity index (χ4n) is 4.59. The Morgan fingerprint density at radius 2 is 1.88 bits per heavy atom. The predicted octanol–water partition coefficient (Wildman–Crippen LogP) is 4.08. The van der Waals surface area contributed by atoms with Gasteiger partial charge in [0.15, 0.2) is 5.82 Å². The number of anilines is 2. The van der Waals surface area contributed by atoms with Crippen molar-refractivity contribution in [1.29, 1.82) is 0 Å². The number of halogens is 4. The maximum absolute atomic E-state index is 15.5. The van der Waals surface area contributed by atoms with E-state index in [1.807, 2.05) is 0 Å². The van der Waals surface area contributed by atoms with Gasteiger partial charge in [-0.3, -0.25) is 14.3 Å². The maximum Gasteiger partial charge on any atom is 0.410 e. The van der Waals surface area contributed by atoms with Crippen LogP contribution in [0.4, 0.5) is 29.1 Å². The molecule has 1 fully saturated rings. The summed E-state index contributed by atoms with van der Waals surface area (Å²) >= 11 is 0. The summed E-state index contributed by atoms with van der Waals surface area (Å²) in [7, 11) is 0. The van der Waals surface area contributed by atoms with Crippen molar-refractivity contribution in [3.05, 3.63) is 48.7 Å². The Morgan fingerprint density at radius 3 is 2.55 bits per heavy atom. The van der Waals surface area contributed by atoms with Crippen molar-refractivity contribution < 1.29 is 32.6 Å². The Kier molecular flexibility index (Phi) is 5.20. The second kappa shape index (κ2) is 9.31. The first-order valence-electron chi connectivity index (χ1n) is 13.9. The van der Waals surface area contributed by atoms with Crippen molar-refractivity contribution in [2.75, 3.05) is 23.6 Å². The number of rotatable bonds is 4. The molecule has 3 aromatic heterocycles. The van der Waals surface area contributed by atoms with Gasteiger partial charge in [-0.25, -0.2) is 13.9 Å². The summed E-state index contributed by atoms with van der Waals surface area (Å²) in [5, 5.41) is 8.02. The van der Waals surface area contributed by atoms with Crippen molar-refractivity contribution in [3.63, 3.8) is 0 Å². The molecule has 210 valence electrons. The number of nitrogens with zero attached hydrogens (tertiary/aromatic N) is 7. The largest absolute Gasteiger partial charge is 0.410 e. The number of nitrogens with two attached hydrogens (primary N) is 1. The quantitative estimate of drug-likeness (QED) is 0.375. The molecule has 0 spiro atoms. The first kappa shape index (κ1) is 22.3. The molecule has 1 atom stereocenters. The van der Waals surface area contributed by atoms with Crippen LogP contribution in [0.5, 0.6) is 0 Å². The Labute approximate surface area is 231 Å². The predicted molar refractivity (Wildman–Crippen MR) is 139 cm³/mol. The molecule has 1 unspecified atom stereocenters. The smallest absolute Gasteiger partial charge is 0.382 e. The lowest BCUT2D eigenvalue weighted by atomic mass is 9.96. The Balaban J connectivity index is 1.73. The zero-order chi connectivity index (χ0) is 32.7.